The predicted octanol–water partition coefficient (Wildman–Crippen LogP) is 3.70. The third kappa shape index (κ3) is 2.31. The maximum Gasteiger partial charge on any atom is 0.142 e. The highest BCUT2D eigenvalue weighted by molar-refractivity contribution is 5.57. The van der Waals surface area contributed by atoms with Gasteiger partial charge in [-0.2, -0.15) is 0 Å². The van der Waals surface area contributed by atoms with E-state index in [0.29, 0.717) is 18.4 Å². The van der Waals surface area contributed by atoms with Gasteiger partial charge in [-0.3, -0.25) is 4.90 Å². The Kier molecular flexibility index (Phi) is 3.47. The minimum Gasteiger partial charge on any atom is -0.507 e. The summed E-state index contributed by atoms with van der Waals surface area (Å²) >= 11 is 0. The van der Waals surface area contributed by atoms with Gasteiger partial charge in [0, 0.05) is 23.6 Å². The van der Waals surface area contributed by atoms with Gasteiger partial charge in [-0.05, 0) is 51.8 Å². The SMILES string of the molecule is CC1=CC(c2c(O)cc(C)c3c2OCN(C)C3)CCC1. The molecule has 1 unspecified atom stereocenters. The lowest BCUT2D eigenvalue weighted by molar-refractivity contribution is 0.119. The summed E-state index contributed by atoms with van der Waals surface area (Å²) in [6.45, 7) is 5.72. The fraction of sp³-hybridized carbons (Fsp3) is 0.529. The molecule has 0 saturated heterocycles. The van der Waals surface area contributed by atoms with Crippen LogP contribution in [-0.2, 0) is 6.54 Å². The van der Waals surface area contributed by atoms with Gasteiger partial charge in [0.1, 0.15) is 18.2 Å². The zero-order chi connectivity index (χ0) is 14.3. The fourth-order valence-electron chi connectivity index (χ4n) is 3.38. The van der Waals surface area contributed by atoms with Gasteiger partial charge in [-0.25, -0.2) is 0 Å². The molecule has 20 heavy (non-hydrogen) atoms. The van der Waals surface area contributed by atoms with Crippen LogP contribution in [-0.4, -0.2) is 23.8 Å². The number of nitrogens with zero attached hydrogens (tertiary/aromatic N) is 1. The molecule has 0 radical (unpaired) electrons. The molecule has 2 aliphatic rings. The first kappa shape index (κ1) is 13.5. The molecule has 0 fully saturated rings. The Bertz CT molecular complexity index is 563. The molecule has 1 aliphatic carbocycles. The molecule has 0 amide bonds. The number of benzene rings is 1. The molecule has 0 bridgehead atoms. The largest absolute Gasteiger partial charge is 0.507 e. The van der Waals surface area contributed by atoms with E-state index in [-0.39, 0.29) is 0 Å². The van der Waals surface area contributed by atoms with Crippen LogP contribution in [0.3, 0.4) is 0 Å². The van der Waals surface area contributed by atoms with Crippen molar-refractivity contribution in [2.75, 3.05) is 13.8 Å². The normalized spacial score (nSPS) is 22.9. The van der Waals surface area contributed by atoms with Crippen molar-refractivity contribution in [3.05, 3.63) is 34.4 Å². The summed E-state index contributed by atoms with van der Waals surface area (Å²) < 4.78 is 5.95. The first-order valence-corrected chi connectivity index (χ1v) is 7.40. The van der Waals surface area contributed by atoms with Crippen molar-refractivity contribution in [2.45, 2.75) is 45.6 Å². The number of phenols is 1. The molecular weight excluding hydrogens is 250 g/mol. The van der Waals surface area contributed by atoms with Crippen LogP contribution in [0.15, 0.2) is 17.7 Å². The molecule has 3 heteroatoms. The Balaban J connectivity index is 2.11. The van der Waals surface area contributed by atoms with Crippen molar-refractivity contribution >= 4 is 0 Å². The first-order chi connectivity index (χ1) is 9.56. The van der Waals surface area contributed by atoms with Gasteiger partial charge in [0.05, 0.1) is 0 Å². The van der Waals surface area contributed by atoms with E-state index in [0.717, 1.165) is 29.8 Å². The number of allylic oxidation sites excluding steroid dienone is 2. The summed E-state index contributed by atoms with van der Waals surface area (Å²) in [6, 6.07) is 1.90. The maximum absolute atomic E-state index is 10.4. The quantitative estimate of drug-likeness (QED) is 0.792. The van der Waals surface area contributed by atoms with Gasteiger partial charge in [-0.1, -0.05) is 11.6 Å². The molecule has 1 aromatic carbocycles. The molecule has 1 aliphatic heterocycles. The van der Waals surface area contributed by atoms with Crippen molar-refractivity contribution in [2.24, 2.45) is 0 Å². The van der Waals surface area contributed by atoms with E-state index >= 15 is 0 Å². The summed E-state index contributed by atoms with van der Waals surface area (Å²) in [4.78, 5) is 2.15. The lowest BCUT2D eigenvalue weighted by Crippen LogP contribution is -2.29. The van der Waals surface area contributed by atoms with Crippen molar-refractivity contribution in [3.8, 4) is 11.5 Å². The number of aromatic hydroxyl groups is 1. The van der Waals surface area contributed by atoms with Crippen molar-refractivity contribution < 1.29 is 9.84 Å². The van der Waals surface area contributed by atoms with E-state index < -0.39 is 0 Å². The molecule has 1 heterocycles. The Morgan fingerprint density at radius 1 is 1.35 bits per heavy atom. The van der Waals surface area contributed by atoms with Crippen molar-refractivity contribution in [1.29, 1.82) is 0 Å². The number of ether oxygens (including phenoxy) is 1. The van der Waals surface area contributed by atoms with Crippen LogP contribution in [0.25, 0.3) is 0 Å². The van der Waals surface area contributed by atoms with E-state index in [1.165, 1.54) is 24.0 Å². The second kappa shape index (κ2) is 5.13. The van der Waals surface area contributed by atoms with Gasteiger partial charge < -0.3 is 9.84 Å². The van der Waals surface area contributed by atoms with Gasteiger partial charge in [0.2, 0.25) is 0 Å². The highest BCUT2D eigenvalue weighted by atomic mass is 16.5. The molecule has 1 aromatic rings. The lowest BCUT2D eigenvalue weighted by Gasteiger charge is -2.31. The third-order valence-corrected chi connectivity index (χ3v) is 4.42. The Morgan fingerprint density at radius 2 is 2.15 bits per heavy atom. The van der Waals surface area contributed by atoms with Gasteiger partial charge >= 0.3 is 0 Å². The first-order valence-electron chi connectivity index (χ1n) is 7.40. The minimum atomic E-state index is 0.293. The highest BCUT2D eigenvalue weighted by Gasteiger charge is 2.27. The third-order valence-electron chi connectivity index (χ3n) is 4.42. The number of aryl methyl sites for hydroxylation is 1. The summed E-state index contributed by atoms with van der Waals surface area (Å²) in [5.41, 5.74) is 4.76. The maximum atomic E-state index is 10.4. The summed E-state index contributed by atoms with van der Waals surface area (Å²) in [6.07, 6.45) is 5.76. The molecule has 108 valence electrons. The molecule has 0 saturated carbocycles. The second-order valence-electron chi connectivity index (χ2n) is 6.23. The van der Waals surface area contributed by atoms with Crippen LogP contribution in [0, 0.1) is 6.92 Å². The Morgan fingerprint density at radius 3 is 2.90 bits per heavy atom. The van der Waals surface area contributed by atoms with Crippen LogP contribution in [0.2, 0.25) is 0 Å². The lowest BCUT2D eigenvalue weighted by atomic mass is 9.83. The average Bonchev–Trinajstić information content (AvgIpc) is 2.40. The molecule has 1 N–H and O–H groups in total. The molecule has 0 aromatic heterocycles. The number of fused-ring (bicyclic) bond motifs is 1. The van der Waals surface area contributed by atoms with Gasteiger partial charge in [0.25, 0.3) is 0 Å². The van der Waals surface area contributed by atoms with E-state index in [4.69, 9.17) is 4.74 Å². The minimum absolute atomic E-state index is 0.293. The smallest absolute Gasteiger partial charge is 0.142 e. The van der Waals surface area contributed by atoms with Gasteiger partial charge in [-0.15, -0.1) is 0 Å². The number of hydrogen-bond acceptors (Lipinski definition) is 3. The summed E-state index contributed by atoms with van der Waals surface area (Å²) in [7, 11) is 2.06. The van der Waals surface area contributed by atoms with Crippen molar-refractivity contribution in [3.63, 3.8) is 0 Å². The van der Waals surface area contributed by atoms with E-state index in [9.17, 15) is 5.11 Å². The fourth-order valence-corrected chi connectivity index (χ4v) is 3.38. The highest BCUT2D eigenvalue weighted by Crippen LogP contribution is 2.45. The molecular formula is C17H23NO2. The van der Waals surface area contributed by atoms with Crippen LogP contribution < -0.4 is 4.74 Å². The van der Waals surface area contributed by atoms with Crippen LogP contribution >= 0.6 is 0 Å². The monoisotopic (exact) mass is 273 g/mol. The topological polar surface area (TPSA) is 32.7 Å². The number of rotatable bonds is 1. The zero-order valence-corrected chi connectivity index (χ0v) is 12.6. The second-order valence-corrected chi connectivity index (χ2v) is 6.23. The standard InChI is InChI=1S/C17H23NO2/c1-11-5-4-6-13(7-11)16-15(19)8-12(2)14-9-18(3)10-20-17(14)16/h7-8,13,19H,4-6,9-10H2,1-3H3. The molecule has 3 nitrogen and oxygen atoms in total. The molecule has 1 atom stereocenters. The van der Waals surface area contributed by atoms with Crippen LogP contribution in [0.5, 0.6) is 11.5 Å². The Hall–Kier alpha value is -1.48. The predicted molar refractivity (Wildman–Crippen MR) is 80.2 cm³/mol. The van der Waals surface area contributed by atoms with E-state index in [1.807, 2.05) is 13.0 Å². The Labute approximate surface area is 120 Å². The number of hydrogen-bond donors (Lipinski definition) is 1. The molecule has 3 rings (SSSR count). The van der Waals surface area contributed by atoms with Crippen LogP contribution in [0.4, 0.5) is 0 Å². The molecule has 0 spiro atoms. The van der Waals surface area contributed by atoms with E-state index in [2.05, 4.69) is 24.9 Å². The average molecular weight is 273 g/mol. The summed E-state index contributed by atoms with van der Waals surface area (Å²) in [5, 5.41) is 10.4. The summed E-state index contributed by atoms with van der Waals surface area (Å²) in [5.74, 6) is 1.61. The zero-order valence-electron chi connectivity index (χ0n) is 12.6. The number of phenolic OH excluding ortho intramolecular Hbond substituents is 1. The van der Waals surface area contributed by atoms with Gasteiger partial charge in [0.15, 0.2) is 0 Å². The van der Waals surface area contributed by atoms with Crippen LogP contribution in [0.1, 0.15) is 48.8 Å². The van der Waals surface area contributed by atoms with Crippen molar-refractivity contribution in [1.82, 2.24) is 4.90 Å². The van der Waals surface area contributed by atoms with E-state index in [1.54, 1.807) is 0 Å².